The first-order chi connectivity index (χ1) is 14.1. The zero-order chi connectivity index (χ0) is 20.4. The van der Waals surface area contributed by atoms with E-state index in [1.807, 2.05) is 11.5 Å². The van der Waals surface area contributed by atoms with Gasteiger partial charge in [-0.15, -0.1) is 0 Å². The molecule has 2 N–H and O–H groups in total. The van der Waals surface area contributed by atoms with Crippen LogP contribution in [-0.4, -0.2) is 43.6 Å². The molecule has 4 rings (SSSR count). The minimum atomic E-state index is -0.436. The SMILES string of the molecule is CCn1c(-c2ccnc(NC)n2)nc2cnc(Nc3ccc(F)c(OC)c3)nc21. The van der Waals surface area contributed by atoms with E-state index >= 15 is 0 Å². The van der Waals surface area contributed by atoms with Gasteiger partial charge in [0, 0.05) is 31.5 Å². The van der Waals surface area contributed by atoms with Crippen LogP contribution >= 0.6 is 0 Å². The lowest BCUT2D eigenvalue weighted by molar-refractivity contribution is 0.387. The number of hydrogen-bond donors (Lipinski definition) is 2. The number of rotatable bonds is 6. The highest BCUT2D eigenvalue weighted by molar-refractivity contribution is 5.77. The number of methoxy groups -OCH3 is 1. The fourth-order valence-corrected chi connectivity index (χ4v) is 2.94. The molecule has 29 heavy (non-hydrogen) atoms. The number of benzene rings is 1. The zero-order valence-electron chi connectivity index (χ0n) is 16.1. The Bertz CT molecular complexity index is 1180. The highest BCUT2D eigenvalue weighted by atomic mass is 19.1. The summed E-state index contributed by atoms with van der Waals surface area (Å²) in [5.74, 6) is 1.26. The molecule has 0 radical (unpaired) electrons. The highest BCUT2D eigenvalue weighted by Crippen LogP contribution is 2.26. The molecule has 0 unspecified atom stereocenters. The predicted octanol–water partition coefficient (Wildman–Crippen LogP) is 3.24. The Hall–Kier alpha value is -3.82. The monoisotopic (exact) mass is 394 g/mol. The van der Waals surface area contributed by atoms with Crippen LogP contribution in [0.25, 0.3) is 22.7 Å². The molecule has 0 spiro atoms. The maximum absolute atomic E-state index is 13.6. The average Bonchev–Trinajstić information content (AvgIpc) is 3.13. The summed E-state index contributed by atoms with van der Waals surface area (Å²) in [5.41, 5.74) is 2.61. The Balaban J connectivity index is 1.74. The summed E-state index contributed by atoms with van der Waals surface area (Å²) in [4.78, 5) is 22.2. The van der Waals surface area contributed by atoms with Gasteiger partial charge in [-0.2, -0.15) is 4.98 Å². The molecule has 0 amide bonds. The molecule has 148 valence electrons. The number of anilines is 3. The lowest BCUT2D eigenvalue weighted by atomic mass is 10.3. The second kappa shape index (κ2) is 7.66. The van der Waals surface area contributed by atoms with Gasteiger partial charge in [-0.1, -0.05) is 0 Å². The van der Waals surface area contributed by atoms with Crippen molar-refractivity contribution >= 4 is 28.7 Å². The second-order valence-electron chi connectivity index (χ2n) is 6.07. The van der Waals surface area contributed by atoms with E-state index in [9.17, 15) is 4.39 Å². The van der Waals surface area contributed by atoms with Crippen LogP contribution < -0.4 is 15.4 Å². The summed E-state index contributed by atoms with van der Waals surface area (Å²) in [6.07, 6.45) is 3.31. The van der Waals surface area contributed by atoms with Gasteiger partial charge in [-0.05, 0) is 25.1 Å². The van der Waals surface area contributed by atoms with Gasteiger partial charge in [-0.25, -0.2) is 24.3 Å². The summed E-state index contributed by atoms with van der Waals surface area (Å²) in [5, 5.41) is 5.99. The Morgan fingerprint density at radius 3 is 2.72 bits per heavy atom. The van der Waals surface area contributed by atoms with Gasteiger partial charge in [0.15, 0.2) is 23.0 Å². The molecule has 0 aliphatic rings. The summed E-state index contributed by atoms with van der Waals surface area (Å²) in [6.45, 7) is 2.65. The number of fused-ring (bicyclic) bond motifs is 1. The minimum absolute atomic E-state index is 0.140. The molecule has 0 aliphatic heterocycles. The lowest BCUT2D eigenvalue weighted by Gasteiger charge is -2.08. The molecule has 9 nitrogen and oxygen atoms in total. The van der Waals surface area contributed by atoms with Crippen molar-refractivity contribution in [1.82, 2.24) is 29.5 Å². The minimum Gasteiger partial charge on any atom is -0.494 e. The number of aryl methyl sites for hydroxylation is 1. The Morgan fingerprint density at radius 2 is 1.97 bits per heavy atom. The maximum atomic E-state index is 13.6. The van der Waals surface area contributed by atoms with Crippen LogP contribution in [0.3, 0.4) is 0 Å². The van der Waals surface area contributed by atoms with Crippen LogP contribution in [0.1, 0.15) is 6.92 Å². The largest absolute Gasteiger partial charge is 0.494 e. The number of nitrogens with zero attached hydrogens (tertiary/aromatic N) is 6. The molecule has 3 aromatic heterocycles. The summed E-state index contributed by atoms with van der Waals surface area (Å²) >= 11 is 0. The second-order valence-corrected chi connectivity index (χ2v) is 6.07. The average molecular weight is 394 g/mol. The molecule has 0 atom stereocenters. The van der Waals surface area contributed by atoms with Gasteiger partial charge in [0.25, 0.3) is 0 Å². The first-order valence-corrected chi connectivity index (χ1v) is 8.98. The Kier molecular flexibility index (Phi) is 4.90. The van der Waals surface area contributed by atoms with Gasteiger partial charge < -0.3 is 19.9 Å². The number of imidazole rings is 1. The molecule has 0 fully saturated rings. The van der Waals surface area contributed by atoms with Crippen LogP contribution in [-0.2, 0) is 6.54 Å². The van der Waals surface area contributed by atoms with Crippen molar-refractivity contribution in [2.24, 2.45) is 0 Å². The third kappa shape index (κ3) is 3.51. The van der Waals surface area contributed by atoms with Crippen molar-refractivity contribution in [3.63, 3.8) is 0 Å². The van der Waals surface area contributed by atoms with Crippen LogP contribution in [0, 0.1) is 5.82 Å². The number of aromatic nitrogens is 6. The Morgan fingerprint density at radius 1 is 1.10 bits per heavy atom. The molecule has 10 heteroatoms. The van der Waals surface area contributed by atoms with Crippen molar-refractivity contribution in [2.75, 3.05) is 24.8 Å². The smallest absolute Gasteiger partial charge is 0.229 e. The topological polar surface area (TPSA) is 103 Å². The highest BCUT2D eigenvalue weighted by Gasteiger charge is 2.16. The van der Waals surface area contributed by atoms with Crippen molar-refractivity contribution in [2.45, 2.75) is 13.5 Å². The summed E-state index contributed by atoms with van der Waals surface area (Å²) in [7, 11) is 3.18. The van der Waals surface area contributed by atoms with Crippen molar-refractivity contribution in [3.05, 3.63) is 42.5 Å². The van der Waals surface area contributed by atoms with Gasteiger partial charge in [0.05, 0.1) is 13.3 Å². The van der Waals surface area contributed by atoms with Crippen LogP contribution in [0.5, 0.6) is 5.75 Å². The molecule has 3 heterocycles. The van der Waals surface area contributed by atoms with Crippen LogP contribution in [0.4, 0.5) is 22.0 Å². The van der Waals surface area contributed by atoms with E-state index < -0.39 is 5.82 Å². The lowest BCUT2D eigenvalue weighted by Crippen LogP contribution is -2.04. The molecule has 0 bridgehead atoms. The first kappa shape index (κ1) is 18.5. The van der Waals surface area contributed by atoms with E-state index in [0.29, 0.717) is 46.8 Å². The molecule has 0 aliphatic carbocycles. The molecule has 1 aromatic carbocycles. The van der Waals surface area contributed by atoms with Gasteiger partial charge in [0.2, 0.25) is 11.9 Å². The third-order valence-corrected chi connectivity index (χ3v) is 4.32. The molecular formula is C19H19FN8O. The summed E-state index contributed by atoms with van der Waals surface area (Å²) < 4.78 is 20.6. The molecule has 0 saturated carbocycles. The van der Waals surface area contributed by atoms with E-state index in [4.69, 9.17) is 4.74 Å². The van der Waals surface area contributed by atoms with E-state index in [1.54, 1.807) is 37.6 Å². The van der Waals surface area contributed by atoms with Gasteiger partial charge >= 0.3 is 0 Å². The van der Waals surface area contributed by atoms with Crippen molar-refractivity contribution in [3.8, 4) is 17.3 Å². The standard InChI is InChI=1S/C19H19FN8O/c1-4-28-16(13-7-8-22-18(21-2)26-13)25-14-10-23-19(27-17(14)28)24-11-5-6-12(20)15(9-11)29-3/h5-10H,4H2,1-3H3,(H,21,22,26)(H,23,24,27). The number of halogens is 1. The molecular weight excluding hydrogens is 375 g/mol. The third-order valence-electron chi connectivity index (χ3n) is 4.32. The van der Waals surface area contributed by atoms with Gasteiger partial charge in [-0.3, -0.25) is 0 Å². The quantitative estimate of drug-likeness (QED) is 0.514. The van der Waals surface area contributed by atoms with E-state index in [0.717, 1.165) is 0 Å². The molecule has 0 saturated heterocycles. The van der Waals surface area contributed by atoms with Crippen molar-refractivity contribution < 1.29 is 9.13 Å². The molecule has 4 aromatic rings. The first-order valence-electron chi connectivity index (χ1n) is 8.98. The number of ether oxygens (including phenoxy) is 1. The fourth-order valence-electron chi connectivity index (χ4n) is 2.94. The fraction of sp³-hybridized carbons (Fsp3) is 0.211. The summed E-state index contributed by atoms with van der Waals surface area (Å²) in [6, 6.07) is 6.26. The van der Waals surface area contributed by atoms with E-state index in [1.165, 1.54) is 13.2 Å². The zero-order valence-corrected chi connectivity index (χ0v) is 16.1. The normalized spacial score (nSPS) is 10.9. The van der Waals surface area contributed by atoms with Gasteiger partial charge in [0.1, 0.15) is 11.2 Å². The number of nitrogens with one attached hydrogen (secondary N) is 2. The van der Waals surface area contributed by atoms with Crippen molar-refractivity contribution in [1.29, 1.82) is 0 Å². The number of hydrogen-bond acceptors (Lipinski definition) is 8. The van der Waals surface area contributed by atoms with E-state index in [-0.39, 0.29) is 5.75 Å². The Labute approximate surface area is 166 Å². The van der Waals surface area contributed by atoms with E-state index in [2.05, 4.69) is 35.6 Å². The predicted molar refractivity (Wildman–Crippen MR) is 108 cm³/mol. The maximum Gasteiger partial charge on any atom is 0.229 e. The van der Waals surface area contributed by atoms with Crippen LogP contribution in [0.2, 0.25) is 0 Å². The van der Waals surface area contributed by atoms with Crippen LogP contribution in [0.15, 0.2) is 36.7 Å².